The number of aromatic nitrogens is 5. The maximum Gasteiger partial charge on any atom is 0.274 e. The summed E-state index contributed by atoms with van der Waals surface area (Å²) in [6.07, 6.45) is 8.10. The highest BCUT2D eigenvalue weighted by molar-refractivity contribution is 5.92. The van der Waals surface area contributed by atoms with E-state index in [1.54, 1.807) is 12.4 Å². The first kappa shape index (κ1) is 18.0. The highest BCUT2D eigenvalue weighted by Crippen LogP contribution is 2.33. The van der Waals surface area contributed by atoms with Gasteiger partial charge in [0, 0.05) is 31.2 Å². The van der Waals surface area contributed by atoms with Gasteiger partial charge < -0.3 is 10.2 Å². The Kier molecular flexibility index (Phi) is 4.92. The van der Waals surface area contributed by atoms with Crippen molar-refractivity contribution in [3.05, 3.63) is 65.8 Å². The number of nitrogens with zero attached hydrogens (tertiary/aromatic N) is 6. The molecule has 0 aliphatic carbocycles. The molecule has 4 rings (SSSR count). The van der Waals surface area contributed by atoms with E-state index in [0.717, 1.165) is 29.9 Å². The number of pyridine rings is 1. The molecule has 1 unspecified atom stereocenters. The van der Waals surface area contributed by atoms with E-state index < -0.39 is 0 Å². The topological polar surface area (TPSA) is 96.8 Å². The van der Waals surface area contributed by atoms with E-state index in [1.807, 2.05) is 36.9 Å². The number of amides is 1. The third kappa shape index (κ3) is 3.66. The molecule has 0 spiro atoms. The Labute approximate surface area is 163 Å². The first-order valence-corrected chi connectivity index (χ1v) is 9.23. The van der Waals surface area contributed by atoms with E-state index in [4.69, 9.17) is 0 Å². The minimum Gasteiger partial charge on any atom is -0.329 e. The number of nitrogens with one attached hydrogen (secondary N) is 1. The largest absolute Gasteiger partial charge is 0.329 e. The number of carbonyl (C=O) groups is 1. The molecule has 1 atom stereocenters. The van der Waals surface area contributed by atoms with Crippen LogP contribution in [-0.2, 0) is 0 Å². The van der Waals surface area contributed by atoms with Crippen LogP contribution >= 0.6 is 0 Å². The number of aryl methyl sites for hydroxylation is 2. The molecule has 3 aromatic rings. The third-order valence-corrected chi connectivity index (χ3v) is 4.75. The van der Waals surface area contributed by atoms with Crippen molar-refractivity contribution in [1.29, 1.82) is 0 Å². The van der Waals surface area contributed by atoms with E-state index in [0.29, 0.717) is 23.9 Å². The Morgan fingerprint density at radius 1 is 1.18 bits per heavy atom. The predicted octanol–water partition coefficient (Wildman–Crippen LogP) is 3.00. The first-order chi connectivity index (χ1) is 13.6. The van der Waals surface area contributed by atoms with Gasteiger partial charge >= 0.3 is 0 Å². The summed E-state index contributed by atoms with van der Waals surface area (Å²) in [5.74, 6) is 1.95. The molecule has 8 heteroatoms. The number of hydrogen-bond donors (Lipinski definition) is 1. The van der Waals surface area contributed by atoms with Crippen molar-refractivity contribution in [1.82, 2.24) is 29.8 Å². The van der Waals surface area contributed by atoms with Gasteiger partial charge in [0.25, 0.3) is 5.91 Å². The van der Waals surface area contributed by atoms with E-state index >= 15 is 0 Å². The van der Waals surface area contributed by atoms with Gasteiger partial charge in [0.05, 0.1) is 17.9 Å². The fourth-order valence-electron chi connectivity index (χ4n) is 3.44. The van der Waals surface area contributed by atoms with Gasteiger partial charge in [0.15, 0.2) is 0 Å². The Morgan fingerprint density at radius 2 is 2.07 bits per heavy atom. The Balaban J connectivity index is 1.62. The second kappa shape index (κ2) is 7.67. The van der Waals surface area contributed by atoms with Gasteiger partial charge in [-0.3, -0.25) is 9.78 Å². The van der Waals surface area contributed by atoms with Crippen LogP contribution in [0, 0.1) is 13.8 Å². The normalized spacial score (nSPS) is 16.2. The summed E-state index contributed by atoms with van der Waals surface area (Å²) in [6.45, 7) is 4.51. The van der Waals surface area contributed by atoms with E-state index in [-0.39, 0.29) is 11.9 Å². The Bertz CT molecular complexity index is 993. The second-order valence-corrected chi connectivity index (χ2v) is 6.77. The van der Waals surface area contributed by atoms with Crippen LogP contribution in [-0.4, -0.2) is 42.3 Å². The van der Waals surface area contributed by atoms with Crippen molar-refractivity contribution in [3.8, 4) is 0 Å². The van der Waals surface area contributed by atoms with Crippen LogP contribution in [0.4, 0.5) is 11.6 Å². The number of anilines is 2. The molecule has 1 aliphatic heterocycles. The summed E-state index contributed by atoms with van der Waals surface area (Å²) in [4.78, 5) is 36.3. The van der Waals surface area contributed by atoms with E-state index in [2.05, 4.69) is 30.2 Å². The average molecular weight is 375 g/mol. The predicted molar refractivity (Wildman–Crippen MR) is 104 cm³/mol. The van der Waals surface area contributed by atoms with Crippen molar-refractivity contribution in [2.75, 3.05) is 11.9 Å². The molecule has 142 valence electrons. The summed E-state index contributed by atoms with van der Waals surface area (Å²) in [5, 5.41) is 3.26. The number of likely N-dealkylation sites (tertiary alicyclic amines) is 1. The Hall–Kier alpha value is -3.42. The average Bonchev–Trinajstić information content (AvgIpc) is 3.19. The van der Waals surface area contributed by atoms with Gasteiger partial charge in [0.1, 0.15) is 23.2 Å². The van der Waals surface area contributed by atoms with Crippen molar-refractivity contribution in [3.63, 3.8) is 0 Å². The minimum atomic E-state index is -0.123. The first-order valence-electron chi connectivity index (χ1n) is 9.23. The SMILES string of the molecule is Cc1nc(Nc2ncccc2C)cc(C2CCCN2C(=O)c2cnccn2)n1. The molecule has 8 nitrogen and oxygen atoms in total. The van der Waals surface area contributed by atoms with Crippen LogP contribution in [0.25, 0.3) is 0 Å². The van der Waals surface area contributed by atoms with Crippen LogP contribution < -0.4 is 5.32 Å². The lowest BCUT2D eigenvalue weighted by molar-refractivity contribution is 0.0726. The maximum atomic E-state index is 12.9. The van der Waals surface area contributed by atoms with Crippen LogP contribution in [0.3, 0.4) is 0 Å². The maximum absolute atomic E-state index is 12.9. The quantitative estimate of drug-likeness (QED) is 0.748. The molecule has 0 saturated carbocycles. The fraction of sp³-hybridized carbons (Fsp3) is 0.300. The Morgan fingerprint density at radius 3 is 2.86 bits per heavy atom. The minimum absolute atomic E-state index is 0.110. The lowest BCUT2D eigenvalue weighted by Crippen LogP contribution is -2.31. The highest BCUT2D eigenvalue weighted by atomic mass is 16.2. The molecule has 1 N–H and O–H groups in total. The lowest BCUT2D eigenvalue weighted by atomic mass is 10.1. The fourth-order valence-corrected chi connectivity index (χ4v) is 3.44. The molecule has 1 fully saturated rings. The molecule has 1 aliphatic rings. The zero-order valence-electron chi connectivity index (χ0n) is 15.8. The molecule has 0 aromatic carbocycles. The van der Waals surface area contributed by atoms with Crippen LogP contribution in [0.15, 0.2) is 43.0 Å². The molecule has 28 heavy (non-hydrogen) atoms. The highest BCUT2D eigenvalue weighted by Gasteiger charge is 2.32. The molecule has 4 heterocycles. The zero-order chi connectivity index (χ0) is 19.5. The molecule has 1 amide bonds. The van der Waals surface area contributed by atoms with E-state index in [9.17, 15) is 4.79 Å². The van der Waals surface area contributed by atoms with Crippen LogP contribution in [0.2, 0.25) is 0 Å². The lowest BCUT2D eigenvalue weighted by Gasteiger charge is -2.24. The standard InChI is InChI=1S/C20H21N7O/c1-13-5-3-7-23-19(13)26-18-11-15(24-14(2)25-18)17-6-4-10-27(17)20(28)16-12-21-8-9-22-16/h3,5,7-9,11-12,17H,4,6,10H2,1-2H3,(H,23,24,25,26). The van der Waals surface area contributed by atoms with Gasteiger partial charge in [-0.25, -0.2) is 19.9 Å². The molecular weight excluding hydrogens is 354 g/mol. The van der Waals surface area contributed by atoms with Gasteiger partial charge in [-0.15, -0.1) is 0 Å². The van der Waals surface area contributed by atoms with E-state index in [1.165, 1.54) is 12.4 Å². The van der Waals surface area contributed by atoms with Gasteiger partial charge in [-0.05, 0) is 38.3 Å². The molecular formula is C20H21N7O. The summed E-state index contributed by atoms with van der Waals surface area (Å²) in [7, 11) is 0. The van der Waals surface area contributed by atoms with Gasteiger partial charge in [-0.1, -0.05) is 6.07 Å². The zero-order valence-corrected chi connectivity index (χ0v) is 15.8. The monoisotopic (exact) mass is 375 g/mol. The van der Waals surface area contributed by atoms with Gasteiger partial charge in [0.2, 0.25) is 0 Å². The smallest absolute Gasteiger partial charge is 0.274 e. The molecule has 0 radical (unpaired) electrons. The summed E-state index contributed by atoms with van der Waals surface area (Å²) < 4.78 is 0. The van der Waals surface area contributed by atoms with Crippen molar-refractivity contribution >= 4 is 17.5 Å². The van der Waals surface area contributed by atoms with Crippen molar-refractivity contribution < 1.29 is 4.79 Å². The number of hydrogen-bond acceptors (Lipinski definition) is 7. The third-order valence-electron chi connectivity index (χ3n) is 4.75. The van der Waals surface area contributed by atoms with Crippen LogP contribution in [0.5, 0.6) is 0 Å². The van der Waals surface area contributed by atoms with Crippen molar-refractivity contribution in [2.24, 2.45) is 0 Å². The second-order valence-electron chi connectivity index (χ2n) is 6.77. The van der Waals surface area contributed by atoms with Gasteiger partial charge in [-0.2, -0.15) is 0 Å². The summed E-state index contributed by atoms with van der Waals surface area (Å²) in [5.41, 5.74) is 2.20. The molecule has 3 aromatic heterocycles. The molecule has 1 saturated heterocycles. The summed E-state index contributed by atoms with van der Waals surface area (Å²) in [6, 6.07) is 5.67. The summed E-state index contributed by atoms with van der Waals surface area (Å²) >= 11 is 0. The molecule has 0 bridgehead atoms. The van der Waals surface area contributed by atoms with Crippen LogP contribution in [0.1, 0.15) is 46.5 Å². The number of carbonyl (C=O) groups excluding carboxylic acids is 1. The number of rotatable bonds is 4. The van der Waals surface area contributed by atoms with Crippen molar-refractivity contribution in [2.45, 2.75) is 32.7 Å².